The molecule has 0 unspecified atom stereocenters. The minimum Gasteiger partial charge on any atom is -0.489 e. The fourth-order valence-corrected chi connectivity index (χ4v) is 9.06. The number of nitrogens with one attached hydrogen (secondary N) is 2. The van der Waals surface area contributed by atoms with Gasteiger partial charge in [0, 0.05) is 79.7 Å². The molecular weight excluding hydrogens is 828 g/mol. The van der Waals surface area contributed by atoms with Crippen molar-refractivity contribution in [2.75, 3.05) is 50.4 Å². The molecule has 320 valence electrons. The first-order valence-corrected chi connectivity index (χ1v) is 21.4. The number of carbonyl (C=O) groups is 5. The molecule has 18 heteroatoms. The first kappa shape index (κ1) is 42.1. The van der Waals surface area contributed by atoms with E-state index in [2.05, 4.69) is 25.6 Å². The molecule has 4 aliphatic rings. The molecule has 4 aliphatic heterocycles. The minimum absolute atomic E-state index is 0.0281. The van der Waals surface area contributed by atoms with Crippen molar-refractivity contribution in [2.45, 2.75) is 75.9 Å². The van der Waals surface area contributed by atoms with E-state index in [1.165, 1.54) is 12.1 Å². The molecule has 0 saturated carbocycles. The Morgan fingerprint density at radius 2 is 1.79 bits per heavy atom. The summed E-state index contributed by atoms with van der Waals surface area (Å²) < 4.78 is 21.8. The van der Waals surface area contributed by atoms with E-state index in [-0.39, 0.29) is 65.8 Å². The summed E-state index contributed by atoms with van der Waals surface area (Å²) >= 11 is 12.3. The second-order valence-electron chi connectivity index (χ2n) is 15.9. The Morgan fingerprint density at radius 3 is 2.57 bits per heavy atom. The topological polar surface area (TPSA) is 185 Å². The summed E-state index contributed by atoms with van der Waals surface area (Å²) in [5.41, 5.74) is 9.28. The molecule has 0 radical (unpaired) electrons. The van der Waals surface area contributed by atoms with E-state index < -0.39 is 35.5 Å². The molecule has 2 aromatic carbocycles. The number of nitrogen functional groups attached to an aromatic ring is 1. The quantitative estimate of drug-likeness (QED) is 0.0777. The molecule has 1 atom stereocenters. The van der Waals surface area contributed by atoms with Crippen molar-refractivity contribution < 1.29 is 33.1 Å². The average molecular weight is 875 g/mol. The van der Waals surface area contributed by atoms with Gasteiger partial charge < -0.3 is 20.7 Å². The molecule has 5 amide bonds. The lowest BCUT2D eigenvalue weighted by atomic mass is 10.0. The number of imide groups is 2. The van der Waals surface area contributed by atoms with Crippen LogP contribution in [-0.4, -0.2) is 110 Å². The van der Waals surface area contributed by atoms with Crippen molar-refractivity contribution in [2.24, 2.45) is 0 Å². The average Bonchev–Trinajstić information content (AvgIpc) is 3.83. The second kappa shape index (κ2) is 18.2. The van der Waals surface area contributed by atoms with Crippen molar-refractivity contribution in [3.63, 3.8) is 0 Å². The third kappa shape index (κ3) is 9.07. The van der Waals surface area contributed by atoms with Crippen LogP contribution in [-0.2, 0) is 20.8 Å². The van der Waals surface area contributed by atoms with Gasteiger partial charge in [-0.1, -0.05) is 35.7 Å². The van der Waals surface area contributed by atoms with Gasteiger partial charge in [0.15, 0.2) is 11.6 Å². The number of pyridine rings is 1. The Balaban J connectivity index is 0.727. The fraction of sp³-hybridized carbons (Fsp3) is 0.419. The predicted octanol–water partition coefficient (Wildman–Crippen LogP) is 5.52. The minimum atomic E-state index is -1.00. The lowest BCUT2D eigenvalue weighted by molar-refractivity contribution is -0.136. The SMILES string of the molecule is Nc1ncc(-c2cnn(C3CCN(C(=O)CCCCCN4CC(Nc5cccc6c5C(=O)N([C@H]5CCC(=O)NC5=O)C6=O)C4)CC3)c2)cc1OCCc1c(Cl)ccc(F)c1Cl. The molecule has 4 aromatic rings. The summed E-state index contributed by atoms with van der Waals surface area (Å²) in [6, 6.07) is 8.83. The van der Waals surface area contributed by atoms with Crippen molar-refractivity contribution >= 4 is 64.2 Å². The Labute approximate surface area is 361 Å². The molecular formula is C43H46Cl2FN9O6. The highest BCUT2D eigenvalue weighted by atomic mass is 35.5. The van der Waals surface area contributed by atoms with Crippen LogP contribution in [0, 0.1) is 5.82 Å². The summed E-state index contributed by atoms with van der Waals surface area (Å²) in [6.07, 6.45) is 10.7. The molecule has 61 heavy (non-hydrogen) atoms. The van der Waals surface area contributed by atoms with E-state index >= 15 is 0 Å². The number of halogens is 3. The van der Waals surface area contributed by atoms with Crippen LogP contribution in [0.25, 0.3) is 11.1 Å². The van der Waals surface area contributed by atoms with Gasteiger partial charge in [0.05, 0.1) is 41.0 Å². The zero-order chi connectivity index (χ0) is 42.8. The predicted molar refractivity (Wildman–Crippen MR) is 226 cm³/mol. The molecule has 0 spiro atoms. The number of likely N-dealkylation sites (tertiary alicyclic amines) is 2. The highest BCUT2D eigenvalue weighted by Gasteiger charge is 2.46. The van der Waals surface area contributed by atoms with Gasteiger partial charge in [-0.15, -0.1) is 0 Å². The van der Waals surface area contributed by atoms with Gasteiger partial charge in [-0.05, 0) is 74.5 Å². The van der Waals surface area contributed by atoms with Crippen LogP contribution < -0.4 is 21.1 Å². The highest BCUT2D eigenvalue weighted by Crippen LogP contribution is 2.34. The Morgan fingerprint density at radius 1 is 0.984 bits per heavy atom. The number of amides is 5. The number of fused-ring (bicyclic) bond motifs is 1. The van der Waals surface area contributed by atoms with E-state index in [1.807, 2.05) is 15.8 Å². The van der Waals surface area contributed by atoms with Crippen molar-refractivity contribution in [3.8, 4) is 16.9 Å². The number of anilines is 2. The molecule has 0 bridgehead atoms. The van der Waals surface area contributed by atoms with Crippen LogP contribution in [0.2, 0.25) is 10.0 Å². The number of unbranched alkanes of at least 4 members (excludes halogenated alkanes) is 2. The first-order valence-electron chi connectivity index (χ1n) is 20.6. The standard InChI is InChI=1S/C43H46Cl2FN9O6/c44-31-8-9-32(46)39(45)29(31)14-18-61-35-19-25(20-48-40(35)47)26-21-49-54(22-26)28-12-16-53(17-13-28)37(57)7-2-1-3-15-52-23-27(24-52)50-33-6-4-5-30-38(33)43(60)55(42(30)59)34-10-11-36(56)51-41(34)58/h4-6,8-9,19-22,27-28,34,50H,1-3,7,10-18,23-24H2,(H2,47,48)(H,51,56,58)/t34-/m0/s1. The van der Waals surface area contributed by atoms with E-state index in [0.717, 1.165) is 67.8 Å². The van der Waals surface area contributed by atoms with Crippen molar-refractivity contribution in [3.05, 3.63) is 87.5 Å². The zero-order valence-electron chi connectivity index (χ0n) is 33.4. The number of hydrogen-bond acceptors (Lipinski definition) is 11. The molecule has 2 aromatic heterocycles. The zero-order valence-corrected chi connectivity index (χ0v) is 34.9. The lowest BCUT2D eigenvalue weighted by Crippen LogP contribution is -2.55. The number of ether oxygens (including phenoxy) is 1. The molecule has 15 nitrogen and oxygen atoms in total. The summed E-state index contributed by atoms with van der Waals surface area (Å²) in [4.78, 5) is 73.3. The molecule has 0 aliphatic carbocycles. The van der Waals surface area contributed by atoms with Gasteiger partial charge in [0.1, 0.15) is 11.9 Å². The smallest absolute Gasteiger partial charge is 0.264 e. The van der Waals surface area contributed by atoms with Crippen molar-refractivity contribution in [1.82, 2.24) is 34.8 Å². The maximum Gasteiger partial charge on any atom is 0.264 e. The summed E-state index contributed by atoms with van der Waals surface area (Å²) in [5, 5.41) is 10.6. The molecule has 4 N–H and O–H groups in total. The second-order valence-corrected chi connectivity index (χ2v) is 16.7. The Bertz CT molecular complexity index is 2360. The highest BCUT2D eigenvalue weighted by molar-refractivity contribution is 6.36. The van der Waals surface area contributed by atoms with E-state index in [9.17, 15) is 28.4 Å². The summed E-state index contributed by atoms with van der Waals surface area (Å²) in [5.74, 6) is -1.84. The van der Waals surface area contributed by atoms with Gasteiger partial charge in [-0.25, -0.2) is 9.37 Å². The maximum absolute atomic E-state index is 13.9. The Hall–Kier alpha value is -5.58. The number of benzene rings is 2. The normalized spacial score (nSPS) is 18.6. The third-order valence-electron chi connectivity index (χ3n) is 11.9. The van der Waals surface area contributed by atoms with Crippen LogP contribution in [0.1, 0.15) is 83.7 Å². The van der Waals surface area contributed by atoms with Gasteiger partial charge in [-0.3, -0.25) is 43.8 Å². The number of carbonyl (C=O) groups excluding carboxylic acids is 5. The van der Waals surface area contributed by atoms with Crippen LogP contribution in [0.3, 0.4) is 0 Å². The number of rotatable bonds is 15. The van der Waals surface area contributed by atoms with Crippen molar-refractivity contribution in [1.29, 1.82) is 0 Å². The van der Waals surface area contributed by atoms with Crippen LogP contribution >= 0.6 is 23.2 Å². The summed E-state index contributed by atoms with van der Waals surface area (Å²) in [6.45, 7) is 3.97. The number of aromatic nitrogens is 3. The largest absolute Gasteiger partial charge is 0.489 e. The Kier molecular flexibility index (Phi) is 12.6. The molecule has 8 rings (SSSR count). The van der Waals surface area contributed by atoms with Gasteiger partial charge in [0.2, 0.25) is 17.7 Å². The lowest BCUT2D eigenvalue weighted by Gasteiger charge is -2.40. The maximum atomic E-state index is 13.9. The van der Waals surface area contributed by atoms with Gasteiger partial charge in [-0.2, -0.15) is 5.10 Å². The van der Waals surface area contributed by atoms with E-state index in [0.29, 0.717) is 41.5 Å². The van der Waals surface area contributed by atoms with E-state index in [1.54, 1.807) is 36.7 Å². The number of nitrogens with two attached hydrogens (primary N) is 1. The first-order chi connectivity index (χ1) is 29.4. The summed E-state index contributed by atoms with van der Waals surface area (Å²) in [7, 11) is 0. The number of nitrogens with zero attached hydrogens (tertiary/aromatic N) is 6. The van der Waals surface area contributed by atoms with Gasteiger partial charge >= 0.3 is 0 Å². The molecule has 3 saturated heterocycles. The van der Waals surface area contributed by atoms with Crippen LogP contribution in [0.15, 0.2) is 55.0 Å². The van der Waals surface area contributed by atoms with Crippen LogP contribution in [0.4, 0.5) is 15.9 Å². The molecule has 6 heterocycles. The van der Waals surface area contributed by atoms with E-state index in [4.69, 9.17) is 33.7 Å². The molecule has 3 fully saturated rings. The third-order valence-corrected chi connectivity index (χ3v) is 12.7. The fourth-order valence-electron chi connectivity index (χ4n) is 8.50. The monoisotopic (exact) mass is 873 g/mol. The number of piperidine rings is 2. The van der Waals surface area contributed by atoms with Gasteiger partial charge in [0.25, 0.3) is 11.8 Å². The van der Waals surface area contributed by atoms with Crippen LogP contribution in [0.5, 0.6) is 5.75 Å². The number of hydrogen-bond donors (Lipinski definition) is 3.